The van der Waals surface area contributed by atoms with Crippen molar-refractivity contribution in [1.29, 1.82) is 0 Å². The number of benzene rings is 2. The molecule has 2 rings (SSSR count). The molecule has 2 aromatic rings. The van der Waals surface area contributed by atoms with Crippen molar-refractivity contribution >= 4 is 16.3 Å². The molecule has 0 aromatic heterocycles. The van der Waals surface area contributed by atoms with E-state index in [1.165, 1.54) is 21.9 Å². The Balaban J connectivity index is 2.63. The van der Waals surface area contributed by atoms with Crippen LogP contribution in [0.1, 0.15) is 58.6 Å². The number of ether oxygens (including phenoxy) is 1. The lowest BCUT2D eigenvalue weighted by atomic mass is 9.83. The molecule has 24 heavy (non-hydrogen) atoms. The van der Waals surface area contributed by atoms with Crippen LogP contribution < -0.4 is 0 Å². The van der Waals surface area contributed by atoms with Crippen LogP contribution in [0.5, 0.6) is 0 Å². The van der Waals surface area contributed by atoms with Crippen LogP contribution in [0, 0.1) is 0 Å². The molecule has 0 fully saturated rings. The van der Waals surface area contributed by atoms with E-state index >= 15 is 0 Å². The van der Waals surface area contributed by atoms with Gasteiger partial charge in [-0.25, -0.2) is 0 Å². The van der Waals surface area contributed by atoms with E-state index in [9.17, 15) is 5.11 Å². The first-order valence-corrected chi connectivity index (χ1v) is 8.78. The summed E-state index contributed by atoms with van der Waals surface area (Å²) < 4.78 is 6.31. The zero-order chi connectivity index (χ0) is 18.0. The lowest BCUT2D eigenvalue weighted by Gasteiger charge is -2.36. The van der Waals surface area contributed by atoms with Gasteiger partial charge in [0.1, 0.15) is 0 Å². The summed E-state index contributed by atoms with van der Waals surface area (Å²) >= 11 is 0. The van der Waals surface area contributed by atoms with Crippen molar-refractivity contribution in [2.45, 2.75) is 58.7 Å². The lowest BCUT2D eigenvalue weighted by molar-refractivity contribution is -0.115. The lowest BCUT2D eigenvalue weighted by Crippen LogP contribution is -2.36. The van der Waals surface area contributed by atoms with Crippen LogP contribution in [0.4, 0.5) is 0 Å². The van der Waals surface area contributed by atoms with Crippen molar-refractivity contribution in [2.75, 3.05) is 6.61 Å². The highest BCUT2D eigenvalue weighted by Gasteiger charge is 2.33. The average Bonchev–Trinajstić information content (AvgIpc) is 2.54. The van der Waals surface area contributed by atoms with Crippen LogP contribution in [0.3, 0.4) is 0 Å². The summed E-state index contributed by atoms with van der Waals surface area (Å²) in [5.74, 6) is 0. The normalized spacial score (nSPS) is 12.6. The molecular formula is C22H30O2. The van der Waals surface area contributed by atoms with Crippen LogP contribution >= 0.6 is 0 Å². The molecule has 2 nitrogen and oxygen atoms in total. The summed E-state index contributed by atoms with van der Waals surface area (Å²) in [5, 5.41) is 12.5. The van der Waals surface area contributed by atoms with E-state index in [1.807, 2.05) is 6.92 Å². The molecule has 0 atom stereocenters. The minimum absolute atomic E-state index is 0.311. The fourth-order valence-corrected chi connectivity index (χ4v) is 3.31. The van der Waals surface area contributed by atoms with Gasteiger partial charge in [0.15, 0.2) is 0 Å². The van der Waals surface area contributed by atoms with Gasteiger partial charge in [-0.3, -0.25) is 0 Å². The molecule has 0 bridgehead atoms. The van der Waals surface area contributed by atoms with E-state index in [0.29, 0.717) is 6.61 Å². The number of aliphatic hydroxyl groups is 1. The van der Waals surface area contributed by atoms with Crippen molar-refractivity contribution in [1.82, 2.24) is 0 Å². The van der Waals surface area contributed by atoms with E-state index in [0.717, 1.165) is 18.4 Å². The summed E-state index contributed by atoms with van der Waals surface area (Å²) in [6, 6.07) is 12.8. The van der Waals surface area contributed by atoms with E-state index < -0.39 is 11.2 Å². The molecule has 0 heterocycles. The van der Waals surface area contributed by atoms with Crippen molar-refractivity contribution in [3.05, 3.63) is 54.1 Å². The Hall–Kier alpha value is -1.64. The maximum absolute atomic E-state index is 10.1. The second-order valence-corrected chi connectivity index (χ2v) is 7.29. The van der Waals surface area contributed by atoms with E-state index in [1.54, 1.807) is 13.8 Å². The molecule has 130 valence electrons. The Bertz CT molecular complexity index is 718. The minimum Gasteiger partial charge on any atom is -0.388 e. The van der Waals surface area contributed by atoms with Gasteiger partial charge in [0.05, 0.1) is 17.8 Å². The summed E-state index contributed by atoms with van der Waals surface area (Å²) in [6.45, 7) is 14.3. The van der Waals surface area contributed by atoms with Crippen molar-refractivity contribution in [2.24, 2.45) is 0 Å². The highest BCUT2D eigenvalue weighted by Crippen LogP contribution is 2.39. The van der Waals surface area contributed by atoms with Gasteiger partial charge >= 0.3 is 0 Å². The molecule has 0 saturated carbocycles. The van der Waals surface area contributed by atoms with Gasteiger partial charge in [-0.1, -0.05) is 62.4 Å². The molecule has 0 aliphatic carbocycles. The van der Waals surface area contributed by atoms with Crippen LogP contribution in [-0.2, 0) is 10.3 Å². The van der Waals surface area contributed by atoms with Gasteiger partial charge in [-0.15, -0.1) is 0 Å². The summed E-state index contributed by atoms with van der Waals surface area (Å²) in [5.41, 5.74) is 2.19. The quantitative estimate of drug-likeness (QED) is 0.709. The zero-order valence-corrected chi connectivity index (χ0v) is 15.6. The fraction of sp³-hybridized carbons (Fsp3) is 0.455. The first-order valence-electron chi connectivity index (χ1n) is 8.78. The van der Waals surface area contributed by atoms with Crippen molar-refractivity contribution < 1.29 is 9.84 Å². The number of allylic oxidation sites excluding steroid dienone is 1. The van der Waals surface area contributed by atoms with E-state index in [4.69, 9.17) is 4.74 Å². The SMILES string of the molecule is C=C(C)c1cccc2c(C(CC)(CC)OCC(C)(C)O)cccc12. The first kappa shape index (κ1) is 18.7. The van der Waals surface area contributed by atoms with E-state index in [2.05, 4.69) is 56.8 Å². The zero-order valence-electron chi connectivity index (χ0n) is 15.6. The minimum atomic E-state index is -0.844. The number of hydrogen-bond acceptors (Lipinski definition) is 2. The predicted molar refractivity (Wildman–Crippen MR) is 103 cm³/mol. The molecule has 0 unspecified atom stereocenters. The Morgan fingerprint density at radius 1 is 1.04 bits per heavy atom. The molecular weight excluding hydrogens is 296 g/mol. The van der Waals surface area contributed by atoms with Gasteiger partial charge in [0.2, 0.25) is 0 Å². The van der Waals surface area contributed by atoms with E-state index in [-0.39, 0.29) is 0 Å². The summed E-state index contributed by atoms with van der Waals surface area (Å²) in [7, 11) is 0. The molecule has 0 saturated heterocycles. The van der Waals surface area contributed by atoms with Gasteiger partial charge in [0, 0.05) is 0 Å². The second kappa shape index (κ2) is 7.08. The Kier molecular flexibility index (Phi) is 5.52. The molecule has 0 amide bonds. The van der Waals surface area contributed by atoms with Crippen LogP contribution in [-0.4, -0.2) is 17.3 Å². The first-order chi connectivity index (χ1) is 11.2. The van der Waals surface area contributed by atoms with Gasteiger partial charge < -0.3 is 9.84 Å². The van der Waals surface area contributed by atoms with Gasteiger partial charge in [-0.05, 0) is 55.5 Å². The third-order valence-electron chi connectivity index (χ3n) is 4.72. The molecule has 0 radical (unpaired) electrons. The molecule has 0 aliphatic heterocycles. The summed E-state index contributed by atoms with van der Waals surface area (Å²) in [4.78, 5) is 0. The summed E-state index contributed by atoms with van der Waals surface area (Å²) in [6.07, 6.45) is 1.71. The topological polar surface area (TPSA) is 29.5 Å². The molecule has 2 heteroatoms. The predicted octanol–water partition coefficient (Wildman–Crippen LogP) is 5.68. The number of hydrogen-bond donors (Lipinski definition) is 1. The molecule has 0 aliphatic rings. The smallest absolute Gasteiger partial charge is 0.0933 e. The Morgan fingerprint density at radius 3 is 2.17 bits per heavy atom. The van der Waals surface area contributed by atoms with Crippen molar-refractivity contribution in [3.8, 4) is 0 Å². The Morgan fingerprint density at radius 2 is 1.62 bits per heavy atom. The molecule has 2 aromatic carbocycles. The van der Waals surface area contributed by atoms with Crippen LogP contribution in [0.25, 0.3) is 16.3 Å². The Labute approximate surface area is 146 Å². The molecule has 1 N–H and O–H groups in total. The monoisotopic (exact) mass is 326 g/mol. The van der Waals surface area contributed by atoms with Crippen LogP contribution in [0.15, 0.2) is 43.0 Å². The standard InChI is InChI=1S/C22H30O2/c1-7-22(8-2,24-15-21(5,6)23)20-14-10-12-18-17(16(3)4)11-9-13-19(18)20/h9-14,23H,3,7-8,15H2,1-2,4-6H3. The van der Waals surface area contributed by atoms with Crippen LogP contribution in [0.2, 0.25) is 0 Å². The third kappa shape index (κ3) is 3.71. The third-order valence-corrected chi connectivity index (χ3v) is 4.72. The maximum atomic E-state index is 10.1. The van der Waals surface area contributed by atoms with Gasteiger partial charge in [-0.2, -0.15) is 0 Å². The highest BCUT2D eigenvalue weighted by molar-refractivity contribution is 5.95. The number of fused-ring (bicyclic) bond motifs is 1. The fourth-order valence-electron chi connectivity index (χ4n) is 3.31. The average molecular weight is 326 g/mol. The number of rotatable bonds is 7. The molecule has 0 spiro atoms. The van der Waals surface area contributed by atoms with Crippen molar-refractivity contribution in [3.63, 3.8) is 0 Å². The highest BCUT2D eigenvalue weighted by atomic mass is 16.5. The largest absolute Gasteiger partial charge is 0.388 e. The maximum Gasteiger partial charge on any atom is 0.0933 e. The van der Waals surface area contributed by atoms with Gasteiger partial charge in [0.25, 0.3) is 0 Å². The second-order valence-electron chi connectivity index (χ2n) is 7.29.